The van der Waals surface area contributed by atoms with E-state index < -0.39 is 12.0 Å². The normalized spacial score (nSPS) is 26.6. The molecule has 5 heteroatoms. The second kappa shape index (κ2) is 4.85. The van der Waals surface area contributed by atoms with Crippen molar-refractivity contribution in [3.05, 3.63) is 16.6 Å². The number of esters is 1. The Morgan fingerprint density at radius 2 is 2.29 bits per heavy atom. The van der Waals surface area contributed by atoms with Crippen LogP contribution in [0, 0.1) is 4.91 Å². The van der Waals surface area contributed by atoms with Crippen LogP contribution in [0.2, 0.25) is 0 Å². The summed E-state index contributed by atoms with van der Waals surface area (Å²) in [7, 11) is 2.78. The zero-order valence-electron chi connectivity index (χ0n) is 8.23. The van der Waals surface area contributed by atoms with Crippen molar-refractivity contribution in [2.75, 3.05) is 14.2 Å². The van der Waals surface area contributed by atoms with Gasteiger partial charge in [0.25, 0.3) is 0 Å². The van der Waals surface area contributed by atoms with E-state index in [1.807, 2.05) is 0 Å². The predicted octanol–water partition coefficient (Wildman–Crippen LogP) is 1.03. The molecule has 0 aromatic heterocycles. The Bertz CT molecular complexity index is 262. The van der Waals surface area contributed by atoms with Crippen molar-refractivity contribution in [2.24, 2.45) is 5.18 Å². The van der Waals surface area contributed by atoms with Gasteiger partial charge >= 0.3 is 5.97 Å². The Balaban J connectivity index is 2.86. The summed E-state index contributed by atoms with van der Waals surface area (Å²) in [5, 5.41) is 2.91. The van der Waals surface area contributed by atoms with Gasteiger partial charge in [0.2, 0.25) is 0 Å². The van der Waals surface area contributed by atoms with E-state index in [0.717, 1.165) is 0 Å². The second-order valence-electron chi connectivity index (χ2n) is 3.05. The smallest absolute Gasteiger partial charge is 0.335 e. The Morgan fingerprint density at radius 3 is 2.79 bits per heavy atom. The van der Waals surface area contributed by atoms with Crippen LogP contribution < -0.4 is 0 Å². The molecule has 1 rings (SSSR count). The maximum absolute atomic E-state index is 11.3. The molecular formula is C9H13NO4. The molecule has 0 fully saturated rings. The number of nitroso groups, excluding NO2 is 1. The molecule has 2 atom stereocenters. The number of carbonyl (C=O) groups is 1. The zero-order chi connectivity index (χ0) is 10.6. The fourth-order valence-corrected chi connectivity index (χ4v) is 1.58. The average molecular weight is 199 g/mol. The quantitative estimate of drug-likeness (QED) is 0.503. The SMILES string of the molecule is COC(=O)C1=CCCC(OC)C1N=O. The number of carbonyl (C=O) groups excluding carboxylic acids is 1. The van der Waals surface area contributed by atoms with Gasteiger partial charge in [0.05, 0.1) is 18.8 Å². The molecular weight excluding hydrogens is 186 g/mol. The largest absolute Gasteiger partial charge is 0.466 e. The Kier molecular flexibility index (Phi) is 3.76. The molecule has 0 bridgehead atoms. The molecule has 0 amide bonds. The lowest BCUT2D eigenvalue weighted by atomic mass is 9.92. The summed E-state index contributed by atoms with van der Waals surface area (Å²) < 4.78 is 9.63. The van der Waals surface area contributed by atoms with Crippen LogP contribution in [0.15, 0.2) is 16.8 Å². The zero-order valence-corrected chi connectivity index (χ0v) is 8.23. The number of methoxy groups -OCH3 is 2. The topological polar surface area (TPSA) is 65.0 Å². The highest BCUT2D eigenvalue weighted by Gasteiger charge is 2.33. The minimum Gasteiger partial charge on any atom is -0.466 e. The number of hydrogen-bond donors (Lipinski definition) is 0. The minimum absolute atomic E-state index is 0.306. The van der Waals surface area contributed by atoms with Crippen molar-refractivity contribution in [3.63, 3.8) is 0 Å². The summed E-state index contributed by atoms with van der Waals surface area (Å²) in [4.78, 5) is 21.8. The van der Waals surface area contributed by atoms with Gasteiger partial charge in [0.15, 0.2) is 0 Å². The summed E-state index contributed by atoms with van der Waals surface area (Å²) in [6, 6.07) is -0.735. The van der Waals surface area contributed by atoms with Crippen LogP contribution >= 0.6 is 0 Å². The number of ether oxygens (including phenoxy) is 2. The van der Waals surface area contributed by atoms with E-state index in [1.165, 1.54) is 14.2 Å². The van der Waals surface area contributed by atoms with E-state index in [2.05, 4.69) is 9.91 Å². The molecule has 0 spiro atoms. The fourth-order valence-electron chi connectivity index (χ4n) is 1.58. The first-order chi connectivity index (χ1) is 6.74. The van der Waals surface area contributed by atoms with Crippen LogP contribution in [0.25, 0.3) is 0 Å². The van der Waals surface area contributed by atoms with Crippen LogP contribution in [0.4, 0.5) is 0 Å². The first kappa shape index (κ1) is 10.8. The van der Waals surface area contributed by atoms with E-state index in [1.54, 1.807) is 6.08 Å². The standard InChI is InChI=1S/C9H13NO4/c1-13-7-5-3-4-6(8(7)10-12)9(11)14-2/h4,7-8H,3,5H2,1-2H3. The van der Waals surface area contributed by atoms with Crippen LogP contribution in [0.1, 0.15) is 12.8 Å². The van der Waals surface area contributed by atoms with Gasteiger partial charge in [-0.05, 0) is 12.8 Å². The summed E-state index contributed by atoms with van der Waals surface area (Å²) in [5.74, 6) is -0.503. The van der Waals surface area contributed by atoms with Gasteiger partial charge in [-0.2, -0.15) is 4.91 Å². The molecule has 78 valence electrons. The summed E-state index contributed by atoms with van der Waals surface area (Å²) in [5.41, 5.74) is 0.306. The van der Waals surface area contributed by atoms with E-state index in [4.69, 9.17) is 4.74 Å². The molecule has 0 aromatic carbocycles. The van der Waals surface area contributed by atoms with Gasteiger partial charge in [0.1, 0.15) is 6.04 Å². The van der Waals surface area contributed by atoms with Crippen molar-refractivity contribution in [1.29, 1.82) is 0 Å². The third-order valence-corrected chi connectivity index (χ3v) is 2.32. The highest BCUT2D eigenvalue weighted by molar-refractivity contribution is 5.90. The van der Waals surface area contributed by atoms with Crippen molar-refractivity contribution in [3.8, 4) is 0 Å². The maximum Gasteiger partial charge on any atom is 0.335 e. The van der Waals surface area contributed by atoms with Gasteiger partial charge in [-0.3, -0.25) is 0 Å². The molecule has 2 unspecified atom stereocenters. The Morgan fingerprint density at radius 1 is 1.57 bits per heavy atom. The molecule has 0 aromatic rings. The van der Waals surface area contributed by atoms with Gasteiger partial charge in [0, 0.05) is 7.11 Å². The average Bonchev–Trinajstić information content (AvgIpc) is 2.26. The Labute approximate surface area is 82.0 Å². The van der Waals surface area contributed by atoms with E-state index in [9.17, 15) is 9.70 Å². The van der Waals surface area contributed by atoms with E-state index in [0.29, 0.717) is 18.4 Å². The van der Waals surface area contributed by atoms with Crippen LogP contribution in [0.3, 0.4) is 0 Å². The third-order valence-electron chi connectivity index (χ3n) is 2.32. The van der Waals surface area contributed by atoms with Gasteiger partial charge in [-0.1, -0.05) is 11.3 Å². The highest BCUT2D eigenvalue weighted by atomic mass is 16.5. The number of rotatable bonds is 3. The van der Waals surface area contributed by atoms with Crippen molar-refractivity contribution < 1.29 is 14.3 Å². The lowest BCUT2D eigenvalue weighted by Gasteiger charge is -2.24. The Hall–Kier alpha value is -1.23. The maximum atomic E-state index is 11.3. The molecule has 0 saturated heterocycles. The number of hydrogen-bond acceptors (Lipinski definition) is 5. The van der Waals surface area contributed by atoms with Gasteiger partial charge < -0.3 is 9.47 Å². The first-order valence-electron chi connectivity index (χ1n) is 4.38. The molecule has 1 aliphatic rings. The monoisotopic (exact) mass is 199 g/mol. The van der Waals surface area contributed by atoms with Gasteiger partial charge in [-0.25, -0.2) is 4.79 Å². The molecule has 0 heterocycles. The van der Waals surface area contributed by atoms with Crippen molar-refractivity contribution in [1.82, 2.24) is 0 Å². The lowest BCUT2D eigenvalue weighted by Crippen LogP contribution is -2.34. The molecule has 0 saturated carbocycles. The molecule has 0 N–H and O–H groups in total. The predicted molar refractivity (Wildman–Crippen MR) is 49.7 cm³/mol. The van der Waals surface area contributed by atoms with E-state index >= 15 is 0 Å². The van der Waals surface area contributed by atoms with Crippen LogP contribution in [-0.2, 0) is 14.3 Å². The second-order valence-corrected chi connectivity index (χ2v) is 3.05. The van der Waals surface area contributed by atoms with Crippen molar-refractivity contribution >= 4 is 5.97 Å². The lowest BCUT2D eigenvalue weighted by molar-refractivity contribution is -0.137. The number of nitrogens with zero attached hydrogens (tertiary/aromatic N) is 1. The summed E-state index contributed by atoms with van der Waals surface area (Å²) >= 11 is 0. The van der Waals surface area contributed by atoms with Crippen LogP contribution in [0.5, 0.6) is 0 Å². The number of allylic oxidation sites excluding steroid dienone is 1. The summed E-state index contributed by atoms with van der Waals surface area (Å²) in [6.45, 7) is 0. The van der Waals surface area contributed by atoms with E-state index in [-0.39, 0.29) is 6.10 Å². The molecule has 1 aliphatic carbocycles. The van der Waals surface area contributed by atoms with Crippen molar-refractivity contribution in [2.45, 2.75) is 25.0 Å². The first-order valence-corrected chi connectivity index (χ1v) is 4.38. The molecule has 5 nitrogen and oxygen atoms in total. The molecule has 14 heavy (non-hydrogen) atoms. The van der Waals surface area contributed by atoms with Crippen LogP contribution in [-0.4, -0.2) is 32.3 Å². The van der Waals surface area contributed by atoms with Gasteiger partial charge in [-0.15, -0.1) is 0 Å². The summed E-state index contributed by atoms with van der Waals surface area (Å²) in [6.07, 6.45) is 2.78. The minimum atomic E-state index is -0.735. The molecule has 0 radical (unpaired) electrons. The third kappa shape index (κ3) is 1.98. The highest BCUT2D eigenvalue weighted by Crippen LogP contribution is 2.24. The molecule has 0 aliphatic heterocycles. The fraction of sp³-hybridized carbons (Fsp3) is 0.667.